The second-order valence-corrected chi connectivity index (χ2v) is 5.15. The average Bonchev–Trinajstić information content (AvgIpc) is 2.53. The number of hydrogen-bond donors (Lipinski definition) is 0. The Bertz CT molecular complexity index is 552. The minimum atomic E-state index is -0.627. The summed E-state index contributed by atoms with van der Waals surface area (Å²) < 4.78 is 15.7. The Hall–Kier alpha value is -2.04. The van der Waals surface area contributed by atoms with Crippen LogP contribution in [0.4, 0.5) is 0 Å². The Balaban J connectivity index is 2.43. The molecule has 0 unspecified atom stereocenters. The fraction of sp³-hybridized carbons (Fsp3) is 0.529. The summed E-state index contributed by atoms with van der Waals surface area (Å²) in [6.07, 6.45) is 1.23. The van der Waals surface area contributed by atoms with Crippen molar-refractivity contribution in [1.82, 2.24) is 0 Å². The van der Waals surface area contributed by atoms with Gasteiger partial charge in [0.1, 0.15) is 5.75 Å². The summed E-state index contributed by atoms with van der Waals surface area (Å²) in [5.41, 5.74) is 1.78. The third-order valence-corrected chi connectivity index (χ3v) is 3.96. The highest BCUT2D eigenvalue weighted by Gasteiger charge is 2.41. The Labute approximate surface area is 130 Å². The predicted octanol–water partition coefficient (Wildman–Crippen LogP) is 2.47. The molecule has 120 valence electrons. The van der Waals surface area contributed by atoms with Gasteiger partial charge in [0.15, 0.2) is 0 Å². The molecule has 0 spiro atoms. The van der Waals surface area contributed by atoms with Crippen molar-refractivity contribution < 1.29 is 23.8 Å². The van der Waals surface area contributed by atoms with E-state index in [-0.39, 0.29) is 18.5 Å². The van der Waals surface area contributed by atoms with Crippen molar-refractivity contribution in [2.75, 3.05) is 20.3 Å². The molecule has 0 saturated carbocycles. The van der Waals surface area contributed by atoms with Gasteiger partial charge in [-0.25, -0.2) is 0 Å². The molecule has 1 aromatic carbocycles. The third kappa shape index (κ3) is 3.08. The van der Waals surface area contributed by atoms with Gasteiger partial charge >= 0.3 is 11.9 Å². The number of carbonyl (C=O) groups is 2. The van der Waals surface area contributed by atoms with Gasteiger partial charge in [0.2, 0.25) is 0 Å². The lowest BCUT2D eigenvalue weighted by Crippen LogP contribution is -2.35. The van der Waals surface area contributed by atoms with Crippen LogP contribution in [-0.2, 0) is 25.5 Å². The van der Waals surface area contributed by atoms with Crippen LogP contribution in [-0.4, -0.2) is 32.3 Å². The lowest BCUT2D eigenvalue weighted by atomic mass is 9.74. The molecule has 5 heteroatoms. The maximum Gasteiger partial charge on any atom is 0.314 e. The van der Waals surface area contributed by atoms with E-state index in [4.69, 9.17) is 14.2 Å². The first-order chi connectivity index (χ1) is 10.6. The second kappa shape index (κ2) is 7.29. The molecule has 22 heavy (non-hydrogen) atoms. The van der Waals surface area contributed by atoms with E-state index < -0.39 is 11.8 Å². The molecule has 0 heterocycles. The first-order valence-electron chi connectivity index (χ1n) is 7.63. The van der Waals surface area contributed by atoms with Crippen molar-refractivity contribution in [2.45, 2.75) is 32.6 Å². The fourth-order valence-corrected chi connectivity index (χ4v) is 3.04. The van der Waals surface area contributed by atoms with Gasteiger partial charge in [-0.1, -0.05) is 12.1 Å². The van der Waals surface area contributed by atoms with Crippen molar-refractivity contribution >= 4 is 11.9 Å². The minimum absolute atomic E-state index is 0.282. The van der Waals surface area contributed by atoms with E-state index in [1.807, 2.05) is 18.2 Å². The summed E-state index contributed by atoms with van der Waals surface area (Å²) in [6, 6.07) is 5.56. The van der Waals surface area contributed by atoms with Crippen LogP contribution in [0.3, 0.4) is 0 Å². The summed E-state index contributed by atoms with van der Waals surface area (Å²) in [7, 11) is 1.60. The Morgan fingerprint density at radius 3 is 2.45 bits per heavy atom. The molecule has 0 aliphatic heterocycles. The predicted molar refractivity (Wildman–Crippen MR) is 80.8 cm³/mol. The lowest BCUT2D eigenvalue weighted by molar-refractivity contribution is -0.157. The highest BCUT2D eigenvalue weighted by Crippen LogP contribution is 2.41. The molecule has 1 aliphatic rings. The number of fused-ring (bicyclic) bond motifs is 1. The van der Waals surface area contributed by atoms with Crippen LogP contribution in [0, 0.1) is 5.92 Å². The largest absolute Gasteiger partial charge is 0.496 e. The molecule has 0 radical (unpaired) electrons. The van der Waals surface area contributed by atoms with E-state index in [1.54, 1.807) is 21.0 Å². The van der Waals surface area contributed by atoms with Gasteiger partial charge in [0.05, 0.1) is 32.2 Å². The molecule has 1 aliphatic carbocycles. The van der Waals surface area contributed by atoms with Crippen molar-refractivity contribution in [2.24, 2.45) is 5.92 Å². The summed E-state index contributed by atoms with van der Waals surface area (Å²) in [4.78, 5) is 24.6. The lowest BCUT2D eigenvalue weighted by Gasteiger charge is -2.31. The molecular weight excluding hydrogens is 284 g/mol. The van der Waals surface area contributed by atoms with Crippen LogP contribution < -0.4 is 4.74 Å². The molecule has 2 rings (SSSR count). The molecule has 0 aromatic heterocycles. The van der Waals surface area contributed by atoms with Crippen molar-refractivity contribution in [3.63, 3.8) is 0 Å². The Morgan fingerprint density at radius 1 is 1.14 bits per heavy atom. The van der Waals surface area contributed by atoms with E-state index in [9.17, 15) is 9.59 Å². The maximum atomic E-state index is 12.4. The SMILES string of the molecule is CCOC(=O)[C@H]1CCc2c(OC)cccc2[C@H]1C(=O)OCC. The smallest absolute Gasteiger partial charge is 0.314 e. The Morgan fingerprint density at radius 2 is 1.82 bits per heavy atom. The quantitative estimate of drug-likeness (QED) is 0.782. The molecule has 1 aromatic rings. The average molecular weight is 306 g/mol. The van der Waals surface area contributed by atoms with Gasteiger partial charge < -0.3 is 14.2 Å². The first kappa shape index (κ1) is 16.3. The molecule has 0 bridgehead atoms. The molecule has 5 nitrogen and oxygen atoms in total. The molecule has 0 fully saturated rings. The highest BCUT2D eigenvalue weighted by molar-refractivity contribution is 5.87. The number of carbonyl (C=O) groups excluding carboxylic acids is 2. The number of esters is 2. The van der Waals surface area contributed by atoms with E-state index in [0.717, 1.165) is 16.9 Å². The summed E-state index contributed by atoms with van der Waals surface area (Å²) in [5, 5.41) is 0. The molecular formula is C17H22O5. The second-order valence-electron chi connectivity index (χ2n) is 5.15. The van der Waals surface area contributed by atoms with Gasteiger partial charge in [0, 0.05) is 0 Å². The molecule has 2 atom stereocenters. The number of ether oxygens (including phenoxy) is 3. The first-order valence-corrected chi connectivity index (χ1v) is 7.63. The third-order valence-electron chi connectivity index (χ3n) is 3.96. The van der Waals surface area contributed by atoms with Crippen LogP contribution in [0.5, 0.6) is 5.75 Å². The number of rotatable bonds is 5. The van der Waals surface area contributed by atoms with Gasteiger partial charge in [-0.05, 0) is 43.9 Å². The molecule has 0 N–H and O–H groups in total. The zero-order valence-corrected chi connectivity index (χ0v) is 13.3. The number of methoxy groups -OCH3 is 1. The van der Waals surface area contributed by atoms with E-state index in [1.165, 1.54) is 0 Å². The summed E-state index contributed by atoms with van der Waals surface area (Å²) in [6.45, 7) is 4.10. The van der Waals surface area contributed by atoms with E-state index in [2.05, 4.69) is 0 Å². The van der Waals surface area contributed by atoms with Crippen LogP contribution >= 0.6 is 0 Å². The van der Waals surface area contributed by atoms with Crippen LogP contribution in [0.15, 0.2) is 18.2 Å². The van der Waals surface area contributed by atoms with E-state index >= 15 is 0 Å². The Kier molecular flexibility index (Phi) is 5.41. The van der Waals surface area contributed by atoms with Crippen molar-refractivity contribution in [1.29, 1.82) is 0 Å². The minimum Gasteiger partial charge on any atom is -0.496 e. The van der Waals surface area contributed by atoms with E-state index in [0.29, 0.717) is 19.4 Å². The summed E-state index contributed by atoms with van der Waals surface area (Å²) >= 11 is 0. The number of hydrogen-bond acceptors (Lipinski definition) is 5. The van der Waals surface area contributed by atoms with Gasteiger partial charge in [-0.15, -0.1) is 0 Å². The zero-order chi connectivity index (χ0) is 16.1. The fourth-order valence-electron chi connectivity index (χ4n) is 3.04. The highest BCUT2D eigenvalue weighted by atomic mass is 16.5. The van der Waals surface area contributed by atoms with Gasteiger partial charge in [-0.3, -0.25) is 9.59 Å². The van der Waals surface area contributed by atoms with Gasteiger partial charge in [-0.2, -0.15) is 0 Å². The maximum absolute atomic E-state index is 12.4. The normalized spacial score (nSPS) is 20.0. The molecule has 0 saturated heterocycles. The number of benzene rings is 1. The monoisotopic (exact) mass is 306 g/mol. The summed E-state index contributed by atoms with van der Waals surface area (Å²) in [5.74, 6) is -1.10. The standard InChI is InChI=1S/C17H22O5/c1-4-21-16(18)13-10-9-11-12(7-6-8-14(11)20-3)15(13)17(19)22-5-2/h6-8,13,15H,4-5,9-10H2,1-3H3/t13-,15+/m0/s1. The van der Waals surface area contributed by atoms with Crippen molar-refractivity contribution in [3.05, 3.63) is 29.3 Å². The zero-order valence-electron chi connectivity index (χ0n) is 13.3. The van der Waals surface area contributed by atoms with Crippen LogP contribution in [0.25, 0.3) is 0 Å². The van der Waals surface area contributed by atoms with Crippen LogP contribution in [0.2, 0.25) is 0 Å². The molecule has 0 amide bonds. The van der Waals surface area contributed by atoms with Crippen molar-refractivity contribution in [3.8, 4) is 5.75 Å². The van der Waals surface area contributed by atoms with Gasteiger partial charge in [0.25, 0.3) is 0 Å². The van der Waals surface area contributed by atoms with Crippen LogP contribution in [0.1, 0.15) is 37.3 Å². The topological polar surface area (TPSA) is 61.8 Å².